The Hall–Kier alpha value is -0.690. The van der Waals surface area contributed by atoms with Crippen molar-refractivity contribution >= 4 is 11.6 Å². The normalized spacial score (nSPS) is 10.0. The minimum Gasteiger partial charge on any atom is -0.494 e. The number of aryl methyl sites for hydroxylation is 1. The third-order valence-corrected chi connectivity index (χ3v) is 2.15. The summed E-state index contributed by atoms with van der Waals surface area (Å²) < 4.78 is 5.46. The van der Waals surface area contributed by atoms with E-state index in [1.807, 2.05) is 12.1 Å². The summed E-state index contributed by atoms with van der Waals surface area (Å²) in [4.78, 5) is 0. The molecule has 1 aromatic rings. The molecule has 0 unspecified atom stereocenters. The van der Waals surface area contributed by atoms with Gasteiger partial charge in [0.25, 0.3) is 0 Å². The molecule has 0 fully saturated rings. The zero-order valence-corrected chi connectivity index (χ0v) is 8.68. The first-order chi connectivity index (χ1) is 6.36. The first-order valence-electron chi connectivity index (χ1n) is 4.64. The minimum atomic E-state index is 0.660. The minimum absolute atomic E-state index is 0.660. The molecule has 0 radical (unpaired) electrons. The largest absolute Gasteiger partial charge is 0.494 e. The van der Waals surface area contributed by atoms with Crippen LogP contribution in [0.3, 0.4) is 0 Å². The van der Waals surface area contributed by atoms with Crippen LogP contribution in [0.4, 0.5) is 0 Å². The number of ether oxygens (including phenoxy) is 1. The Kier molecular flexibility index (Phi) is 4.69. The predicted octanol–water partition coefficient (Wildman–Crippen LogP) is 3.26. The number of halogens is 1. The average molecular weight is 199 g/mol. The van der Waals surface area contributed by atoms with Gasteiger partial charge in [0.1, 0.15) is 5.75 Å². The van der Waals surface area contributed by atoms with Crippen molar-refractivity contribution in [3.05, 3.63) is 29.8 Å². The second-order valence-electron chi connectivity index (χ2n) is 2.89. The van der Waals surface area contributed by atoms with Crippen LogP contribution in [-0.2, 0) is 6.42 Å². The molecule has 1 aromatic carbocycles. The van der Waals surface area contributed by atoms with Gasteiger partial charge >= 0.3 is 0 Å². The standard InChI is InChI=1S/C11H15ClO/c1-2-10-4-6-11(7-5-10)13-9-3-8-12/h4-7H,2-3,8-9H2,1H3. The molecule has 0 heterocycles. The van der Waals surface area contributed by atoms with E-state index in [0.29, 0.717) is 12.5 Å². The smallest absolute Gasteiger partial charge is 0.119 e. The van der Waals surface area contributed by atoms with E-state index in [2.05, 4.69) is 19.1 Å². The molecule has 0 aliphatic rings. The van der Waals surface area contributed by atoms with Gasteiger partial charge in [0.2, 0.25) is 0 Å². The van der Waals surface area contributed by atoms with Crippen LogP contribution in [0.5, 0.6) is 5.75 Å². The summed E-state index contributed by atoms with van der Waals surface area (Å²) in [5.74, 6) is 1.59. The SMILES string of the molecule is CCc1ccc(OCCCCl)cc1. The van der Waals surface area contributed by atoms with Crippen LogP contribution in [0, 0.1) is 0 Å². The first-order valence-corrected chi connectivity index (χ1v) is 5.18. The van der Waals surface area contributed by atoms with Crippen molar-refractivity contribution in [1.29, 1.82) is 0 Å². The lowest BCUT2D eigenvalue weighted by atomic mass is 10.2. The summed E-state index contributed by atoms with van der Waals surface area (Å²) in [5.41, 5.74) is 1.34. The van der Waals surface area contributed by atoms with Gasteiger partial charge in [-0.05, 0) is 30.5 Å². The fourth-order valence-corrected chi connectivity index (χ4v) is 1.18. The zero-order chi connectivity index (χ0) is 9.52. The Labute approximate surface area is 84.7 Å². The van der Waals surface area contributed by atoms with Crippen molar-refractivity contribution in [2.24, 2.45) is 0 Å². The molecule has 0 spiro atoms. The number of hydrogen-bond donors (Lipinski definition) is 0. The van der Waals surface area contributed by atoms with Crippen LogP contribution < -0.4 is 4.74 Å². The van der Waals surface area contributed by atoms with Crippen LogP contribution in [0.25, 0.3) is 0 Å². The van der Waals surface area contributed by atoms with Crippen molar-refractivity contribution < 1.29 is 4.74 Å². The van der Waals surface area contributed by atoms with Gasteiger partial charge in [0, 0.05) is 5.88 Å². The summed E-state index contributed by atoms with van der Waals surface area (Å²) >= 11 is 5.54. The average Bonchev–Trinajstić information content (AvgIpc) is 2.19. The third-order valence-electron chi connectivity index (χ3n) is 1.88. The Morgan fingerprint density at radius 2 is 1.92 bits per heavy atom. The van der Waals surface area contributed by atoms with E-state index in [1.165, 1.54) is 5.56 Å². The van der Waals surface area contributed by atoms with Crippen LogP contribution in [0.15, 0.2) is 24.3 Å². The van der Waals surface area contributed by atoms with E-state index in [0.717, 1.165) is 18.6 Å². The molecule has 0 atom stereocenters. The van der Waals surface area contributed by atoms with E-state index < -0.39 is 0 Å². The van der Waals surface area contributed by atoms with Gasteiger partial charge in [0.05, 0.1) is 6.61 Å². The third kappa shape index (κ3) is 3.69. The van der Waals surface area contributed by atoms with Crippen molar-refractivity contribution in [3.8, 4) is 5.75 Å². The maximum absolute atomic E-state index is 5.54. The summed E-state index contributed by atoms with van der Waals surface area (Å²) in [5, 5.41) is 0. The number of benzene rings is 1. The zero-order valence-electron chi connectivity index (χ0n) is 7.92. The molecule has 1 nitrogen and oxygen atoms in total. The fraction of sp³-hybridized carbons (Fsp3) is 0.455. The Bertz CT molecular complexity index is 230. The quantitative estimate of drug-likeness (QED) is 0.521. The maximum Gasteiger partial charge on any atom is 0.119 e. The van der Waals surface area contributed by atoms with E-state index in [-0.39, 0.29) is 0 Å². The molecule has 0 saturated heterocycles. The lowest BCUT2D eigenvalue weighted by molar-refractivity contribution is 0.318. The topological polar surface area (TPSA) is 9.23 Å². The highest BCUT2D eigenvalue weighted by molar-refractivity contribution is 6.17. The van der Waals surface area contributed by atoms with Crippen LogP contribution in [-0.4, -0.2) is 12.5 Å². The van der Waals surface area contributed by atoms with E-state index >= 15 is 0 Å². The molecule has 13 heavy (non-hydrogen) atoms. The summed E-state index contributed by atoms with van der Waals surface area (Å²) in [6.07, 6.45) is 1.97. The molecular formula is C11H15ClO. The summed E-state index contributed by atoms with van der Waals surface area (Å²) in [7, 11) is 0. The molecule has 0 aromatic heterocycles. The second kappa shape index (κ2) is 5.87. The molecule has 0 saturated carbocycles. The Morgan fingerprint density at radius 3 is 2.46 bits per heavy atom. The molecule has 0 bridgehead atoms. The lowest BCUT2D eigenvalue weighted by Gasteiger charge is -2.04. The number of alkyl halides is 1. The van der Waals surface area contributed by atoms with Crippen molar-refractivity contribution in [2.45, 2.75) is 19.8 Å². The van der Waals surface area contributed by atoms with Crippen molar-refractivity contribution in [3.63, 3.8) is 0 Å². The van der Waals surface area contributed by atoms with Gasteiger partial charge in [0.15, 0.2) is 0 Å². The van der Waals surface area contributed by atoms with E-state index in [9.17, 15) is 0 Å². The second-order valence-corrected chi connectivity index (χ2v) is 3.27. The first kappa shape index (κ1) is 10.4. The van der Waals surface area contributed by atoms with Gasteiger partial charge in [-0.2, -0.15) is 0 Å². The molecular weight excluding hydrogens is 184 g/mol. The van der Waals surface area contributed by atoms with Gasteiger partial charge in [-0.25, -0.2) is 0 Å². The monoisotopic (exact) mass is 198 g/mol. The van der Waals surface area contributed by atoms with Crippen molar-refractivity contribution in [1.82, 2.24) is 0 Å². The van der Waals surface area contributed by atoms with E-state index in [4.69, 9.17) is 16.3 Å². The van der Waals surface area contributed by atoms with E-state index in [1.54, 1.807) is 0 Å². The Morgan fingerprint density at radius 1 is 1.23 bits per heavy atom. The molecule has 0 aliphatic carbocycles. The highest BCUT2D eigenvalue weighted by Crippen LogP contribution is 2.12. The van der Waals surface area contributed by atoms with Gasteiger partial charge in [-0.15, -0.1) is 11.6 Å². The van der Waals surface area contributed by atoms with Crippen LogP contribution >= 0.6 is 11.6 Å². The summed E-state index contributed by atoms with van der Waals surface area (Å²) in [6, 6.07) is 8.20. The predicted molar refractivity (Wildman–Crippen MR) is 56.7 cm³/mol. The maximum atomic E-state index is 5.54. The molecule has 2 heteroatoms. The lowest BCUT2D eigenvalue weighted by Crippen LogP contribution is -1.97. The van der Waals surface area contributed by atoms with Gasteiger partial charge in [-0.1, -0.05) is 19.1 Å². The molecule has 0 N–H and O–H groups in total. The highest BCUT2D eigenvalue weighted by atomic mass is 35.5. The number of rotatable bonds is 5. The van der Waals surface area contributed by atoms with Crippen LogP contribution in [0.2, 0.25) is 0 Å². The Balaban J connectivity index is 2.40. The summed E-state index contributed by atoms with van der Waals surface area (Å²) in [6.45, 7) is 2.85. The van der Waals surface area contributed by atoms with Gasteiger partial charge < -0.3 is 4.74 Å². The molecule has 0 aliphatic heterocycles. The highest BCUT2D eigenvalue weighted by Gasteiger charge is 1.93. The molecule has 0 amide bonds. The molecule has 1 rings (SSSR count). The van der Waals surface area contributed by atoms with Crippen molar-refractivity contribution in [2.75, 3.05) is 12.5 Å². The van der Waals surface area contributed by atoms with Gasteiger partial charge in [-0.3, -0.25) is 0 Å². The number of hydrogen-bond acceptors (Lipinski definition) is 1. The van der Waals surface area contributed by atoms with Crippen LogP contribution in [0.1, 0.15) is 18.9 Å². The fourth-order valence-electron chi connectivity index (χ4n) is 1.07. The molecule has 72 valence electrons.